The summed E-state index contributed by atoms with van der Waals surface area (Å²) in [6.45, 7) is 7.10. The number of fused-ring (bicyclic) bond motifs is 1. The predicted octanol–water partition coefficient (Wildman–Crippen LogP) is 3.11. The van der Waals surface area contributed by atoms with Gasteiger partial charge in [-0.2, -0.15) is 4.31 Å². The van der Waals surface area contributed by atoms with Gasteiger partial charge in [0.2, 0.25) is 15.9 Å². The number of amides is 1. The number of aromatic amines is 1. The molecule has 31 heavy (non-hydrogen) atoms. The molecule has 1 aliphatic heterocycles. The van der Waals surface area contributed by atoms with E-state index in [0.717, 1.165) is 27.7 Å². The topological polar surface area (TPSA) is 86.4 Å². The summed E-state index contributed by atoms with van der Waals surface area (Å²) in [7, 11) is -3.56. The first kappa shape index (κ1) is 21.9. The van der Waals surface area contributed by atoms with E-state index in [0.29, 0.717) is 36.2 Å². The van der Waals surface area contributed by atoms with E-state index in [-0.39, 0.29) is 11.7 Å². The second-order valence-electron chi connectivity index (χ2n) is 7.91. The lowest BCUT2D eigenvalue weighted by atomic mass is 10.2. The number of nitrogens with zero attached hydrogens (tertiary/aromatic N) is 3. The van der Waals surface area contributed by atoms with E-state index in [1.165, 1.54) is 16.1 Å². The van der Waals surface area contributed by atoms with Crippen LogP contribution in [0.4, 0.5) is 0 Å². The highest BCUT2D eigenvalue weighted by Gasteiger charge is 2.31. The molecule has 0 spiro atoms. The van der Waals surface area contributed by atoms with Crippen LogP contribution in [0.25, 0.3) is 11.0 Å². The quantitative estimate of drug-likeness (QED) is 0.594. The maximum atomic E-state index is 13.1. The van der Waals surface area contributed by atoms with Crippen LogP contribution >= 0.6 is 11.8 Å². The summed E-state index contributed by atoms with van der Waals surface area (Å²) in [6, 6.07) is 11.5. The number of rotatable bonds is 5. The maximum Gasteiger partial charge on any atom is 0.243 e. The number of hydrogen-bond acceptors (Lipinski definition) is 5. The molecule has 0 unspecified atom stereocenters. The summed E-state index contributed by atoms with van der Waals surface area (Å²) in [5.41, 5.74) is 4.64. The van der Waals surface area contributed by atoms with Crippen LogP contribution in [0.1, 0.15) is 16.7 Å². The van der Waals surface area contributed by atoms with Crippen molar-refractivity contribution in [3.8, 4) is 0 Å². The SMILES string of the molecule is Cc1ccc(C)c(S(=O)(=O)N2CCN(C(=O)CSc3nc4ccc(C)cc4[nH]3)CC2)c1. The van der Waals surface area contributed by atoms with Gasteiger partial charge in [0, 0.05) is 26.2 Å². The van der Waals surface area contributed by atoms with Gasteiger partial charge in [0.25, 0.3) is 0 Å². The van der Waals surface area contributed by atoms with Gasteiger partial charge in [0.1, 0.15) is 0 Å². The second kappa shape index (κ2) is 8.64. The van der Waals surface area contributed by atoms with E-state index in [1.54, 1.807) is 11.0 Å². The Hall–Kier alpha value is -2.36. The molecule has 4 rings (SSSR count). The van der Waals surface area contributed by atoms with Crippen molar-refractivity contribution in [2.75, 3.05) is 31.9 Å². The zero-order chi connectivity index (χ0) is 22.2. The van der Waals surface area contributed by atoms with Crippen LogP contribution in [-0.2, 0) is 14.8 Å². The Balaban J connectivity index is 1.35. The average molecular weight is 459 g/mol. The van der Waals surface area contributed by atoms with E-state index in [2.05, 4.69) is 9.97 Å². The minimum atomic E-state index is -3.56. The van der Waals surface area contributed by atoms with Crippen molar-refractivity contribution in [2.24, 2.45) is 0 Å². The molecule has 1 aliphatic rings. The normalized spacial score (nSPS) is 15.5. The lowest BCUT2D eigenvalue weighted by molar-refractivity contribution is -0.129. The molecule has 2 heterocycles. The zero-order valence-electron chi connectivity index (χ0n) is 17.9. The fourth-order valence-electron chi connectivity index (χ4n) is 3.69. The number of aryl methyl sites for hydroxylation is 3. The average Bonchev–Trinajstić information content (AvgIpc) is 3.15. The van der Waals surface area contributed by atoms with Crippen molar-refractivity contribution in [3.63, 3.8) is 0 Å². The molecule has 2 aromatic carbocycles. The molecule has 0 saturated carbocycles. The van der Waals surface area contributed by atoms with Gasteiger partial charge >= 0.3 is 0 Å². The molecule has 0 atom stereocenters. The van der Waals surface area contributed by atoms with Gasteiger partial charge in [-0.3, -0.25) is 4.79 Å². The number of sulfonamides is 1. The van der Waals surface area contributed by atoms with Crippen LogP contribution in [0, 0.1) is 20.8 Å². The fourth-order valence-corrected chi connectivity index (χ4v) is 6.21. The highest BCUT2D eigenvalue weighted by Crippen LogP contribution is 2.24. The number of piperazine rings is 1. The Morgan fingerprint density at radius 1 is 1.03 bits per heavy atom. The first-order valence-corrected chi connectivity index (χ1v) is 12.6. The Labute approximate surface area is 186 Å². The lowest BCUT2D eigenvalue weighted by Crippen LogP contribution is -2.51. The van der Waals surface area contributed by atoms with Crippen LogP contribution in [0.2, 0.25) is 0 Å². The number of H-pyrrole nitrogens is 1. The Kier molecular flexibility index (Phi) is 6.09. The molecular formula is C22H26N4O3S2. The summed E-state index contributed by atoms with van der Waals surface area (Å²) in [6.07, 6.45) is 0. The number of nitrogens with one attached hydrogen (secondary N) is 1. The van der Waals surface area contributed by atoms with Crippen LogP contribution < -0.4 is 0 Å². The summed E-state index contributed by atoms with van der Waals surface area (Å²) in [5, 5.41) is 0.713. The minimum Gasteiger partial charge on any atom is -0.339 e. The third kappa shape index (κ3) is 4.63. The fraction of sp³-hybridized carbons (Fsp3) is 0.364. The van der Waals surface area contributed by atoms with Gasteiger partial charge in [0.15, 0.2) is 5.16 Å². The molecule has 1 fully saturated rings. The number of benzene rings is 2. The van der Waals surface area contributed by atoms with Crippen LogP contribution in [0.3, 0.4) is 0 Å². The summed E-state index contributed by atoms with van der Waals surface area (Å²) in [4.78, 5) is 22.5. The molecule has 0 bridgehead atoms. The maximum absolute atomic E-state index is 13.1. The standard InChI is InChI=1S/C22H26N4O3S2/c1-15-5-7-18-19(12-15)24-22(23-18)30-14-21(27)25-8-10-26(11-9-25)31(28,29)20-13-16(2)4-6-17(20)3/h4-7,12-13H,8-11,14H2,1-3H3,(H,23,24). The van der Waals surface area contributed by atoms with Gasteiger partial charge < -0.3 is 9.88 Å². The van der Waals surface area contributed by atoms with E-state index < -0.39 is 10.0 Å². The molecule has 1 saturated heterocycles. The highest BCUT2D eigenvalue weighted by atomic mass is 32.2. The monoisotopic (exact) mass is 458 g/mol. The molecule has 7 nitrogen and oxygen atoms in total. The number of carbonyl (C=O) groups excluding carboxylic acids is 1. The Morgan fingerprint density at radius 3 is 2.45 bits per heavy atom. The van der Waals surface area contributed by atoms with E-state index >= 15 is 0 Å². The molecule has 1 amide bonds. The largest absolute Gasteiger partial charge is 0.339 e. The number of thioether (sulfide) groups is 1. The number of carbonyl (C=O) groups is 1. The van der Waals surface area contributed by atoms with Crippen molar-refractivity contribution in [3.05, 3.63) is 53.1 Å². The summed E-state index contributed by atoms with van der Waals surface area (Å²) >= 11 is 1.37. The summed E-state index contributed by atoms with van der Waals surface area (Å²) in [5.74, 6) is 0.258. The Morgan fingerprint density at radius 2 is 1.71 bits per heavy atom. The third-order valence-electron chi connectivity index (χ3n) is 5.50. The molecule has 1 aromatic heterocycles. The minimum absolute atomic E-state index is 0.00887. The first-order valence-electron chi connectivity index (χ1n) is 10.2. The van der Waals surface area contributed by atoms with E-state index in [1.807, 2.05) is 51.1 Å². The molecule has 9 heteroatoms. The van der Waals surface area contributed by atoms with Crippen molar-refractivity contribution in [1.82, 2.24) is 19.2 Å². The van der Waals surface area contributed by atoms with Crippen LogP contribution in [0.5, 0.6) is 0 Å². The van der Waals surface area contributed by atoms with Crippen LogP contribution in [-0.4, -0.2) is 65.4 Å². The Bertz CT molecular complexity index is 1230. The lowest BCUT2D eigenvalue weighted by Gasteiger charge is -2.34. The number of aromatic nitrogens is 2. The van der Waals surface area contributed by atoms with Crippen molar-refractivity contribution in [1.29, 1.82) is 0 Å². The van der Waals surface area contributed by atoms with E-state index in [9.17, 15) is 13.2 Å². The van der Waals surface area contributed by atoms with Crippen molar-refractivity contribution in [2.45, 2.75) is 30.8 Å². The molecule has 1 N–H and O–H groups in total. The molecule has 164 valence electrons. The van der Waals surface area contributed by atoms with Gasteiger partial charge in [-0.25, -0.2) is 13.4 Å². The second-order valence-corrected chi connectivity index (χ2v) is 10.8. The smallest absolute Gasteiger partial charge is 0.243 e. The van der Waals surface area contributed by atoms with Gasteiger partial charge in [-0.15, -0.1) is 0 Å². The van der Waals surface area contributed by atoms with Crippen molar-refractivity contribution < 1.29 is 13.2 Å². The first-order chi connectivity index (χ1) is 14.7. The van der Waals surface area contributed by atoms with Gasteiger partial charge in [0.05, 0.1) is 21.7 Å². The summed E-state index contributed by atoms with van der Waals surface area (Å²) < 4.78 is 27.6. The molecular weight excluding hydrogens is 432 g/mol. The number of hydrogen-bond donors (Lipinski definition) is 1. The van der Waals surface area contributed by atoms with Crippen molar-refractivity contribution >= 4 is 38.7 Å². The van der Waals surface area contributed by atoms with Crippen LogP contribution in [0.15, 0.2) is 46.5 Å². The molecule has 3 aromatic rings. The molecule has 0 aliphatic carbocycles. The van der Waals surface area contributed by atoms with Gasteiger partial charge in [-0.05, 0) is 55.7 Å². The number of imidazole rings is 1. The third-order valence-corrected chi connectivity index (χ3v) is 8.40. The zero-order valence-corrected chi connectivity index (χ0v) is 19.5. The predicted molar refractivity (Wildman–Crippen MR) is 123 cm³/mol. The van der Waals surface area contributed by atoms with E-state index in [4.69, 9.17) is 0 Å². The molecule has 0 radical (unpaired) electrons. The van der Waals surface area contributed by atoms with Gasteiger partial charge in [-0.1, -0.05) is 30.0 Å². The highest BCUT2D eigenvalue weighted by molar-refractivity contribution is 7.99.